The van der Waals surface area contributed by atoms with E-state index in [2.05, 4.69) is 33.0 Å². The molecule has 1 aromatic heterocycles. The van der Waals surface area contributed by atoms with E-state index in [1.54, 1.807) is 24.3 Å². The number of aromatic carboxylic acids is 1. The molecule has 0 bridgehead atoms. The van der Waals surface area contributed by atoms with Gasteiger partial charge in [0.05, 0.1) is 12.2 Å². The summed E-state index contributed by atoms with van der Waals surface area (Å²) in [7, 11) is 0. The quantitative estimate of drug-likeness (QED) is 0.560. The summed E-state index contributed by atoms with van der Waals surface area (Å²) >= 11 is 1.40. The predicted octanol–water partition coefficient (Wildman–Crippen LogP) is 5.75. The first-order valence-electron chi connectivity index (χ1n) is 11.6. The van der Waals surface area contributed by atoms with Crippen molar-refractivity contribution in [2.45, 2.75) is 58.8 Å². The van der Waals surface area contributed by atoms with E-state index in [9.17, 15) is 14.7 Å². The summed E-state index contributed by atoms with van der Waals surface area (Å²) in [5, 5.41) is 13.3. The number of carbonyl (C=O) groups is 2. The van der Waals surface area contributed by atoms with Crippen LogP contribution in [0.1, 0.15) is 78.1 Å². The van der Waals surface area contributed by atoms with E-state index >= 15 is 0 Å². The molecule has 2 N–H and O–H groups in total. The van der Waals surface area contributed by atoms with Gasteiger partial charge in [-0.25, -0.2) is 4.79 Å². The van der Waals surface area contributed by atoms with E-state index in [1.807, 2.05) is 0 Å². The lowest BCUT2D eigenvalue weighted by atomic mass is 9.65. The second kappa shape index (κ2) is 9.11. The minimum atomic E-state index is -0.992. The third-order valence-corrected chi connectivity index (χ3v) is 8.09. The van der Waals surface area contributed by atoms with Crippen molar-refractivity contribution >= 4 is 28.2 Å². The summed E-state index contributed by atoms with van der Waals surface area (Å²) in [6.45, 7) is 10.9. The summed E-state index contributed by atoms with van der Waals surface area (Å²) in [6.07, 6.45) is 3.67. The van der Waals surface area contributed by atoms with Crippen LogP contribution >= 0.6 is 11.3 Å². The number of amides is 1. The fraction of sp³-hybridized carbons (Fsp3) is 0.538. The molecule has 2 aromatic rings. The summed E-state index contributed by atoms with van der Waals surface area (Å²) in [5.41, 5.74) is 1.43. The first kappa shape index (κ1) is 23.8. The molecule has 1 saturated heterocycles. The van der Waals surface area contributed by atoms with E-state index in [4.69, 9.17) is 9.47 Å². The Kier molecular flexibility index (Phi) is 6.56. The van der Waals surface area contributed by atoms with Crippen LogP contribution in [0.2, 0.25) is 0 Å². The number of carbonyl (C=O) groups excluding carboxylic acids is 1. The van der Waals surface area contributed by atoms with Gasteiger partial charge < -0.3 is 19.9 Å². The van der Waals surface area contributed by atoms with Crippen LogP contribution in [-0.4, -0.2) is 36.8 Å². The highest BCUT2D eigenvalue weighted by Crippen LogP contribution is 2.52. The summed E-state index contributed by atoms with van der Waals surface area (Å²) in [4.78, 5) is 26.2. The smallest absolute Gasteiger partial charge is 0.339 e. The number of anilines is 1. The van der Waals surface area contributed by atoms with Crippen molar-refractivity contribution in [3.63, 3.8) is 0 Å². The molecular weight excluding hydrogens is 438 g/mol. The van der Waals surface area contributed by atoms with Crippen molar-refractivity contribution in [2.24, 2.45) is 11.3 Å². The standard InChI is InChI=1S/C26H33NO5S/c1-25(2)13-19-20(24(29)30)23(33-21(19)26(3,4)15-25)27-22(28)17-5-7-18(8-6-17)32-14-16-9-11-31-12-10-16/h5-8,16H,9-15H2,1-4H3,(H,27,28)(H,29,30). The predicted molar refractivity (Wildman–Crippen MR) is 130 cm³/mol. The number of benzene rings is 1. The summed E-state index contributed by atoms with van der Waals surface area (Å²) in [5.74, 6) is -0.0904. The zero-order valence-electron chi connectivity index (χ0n) is 19.8. The highest BCUT2D eigenvalue weighted by atomic mass is 32.1. The number of nitrogens with one attached hydrogen (secondary N) is 1. The van der Waals surface area contributed by atoms with E-state index in [0.29, 0.717) is 29.5 Å². The van der Waals surface area contributed by atoms with Gasteiger partial charge in [-0.2, -0.15) is 0 Å². The molecule has 0 unspecified atom stereocenters. The van der Waals surface area contributed by atoms with Gasteiger partial charge in [0, 0.05) is 23.7 Å². The average molecular weight is 472 g/mol. The molecule has 33 heavy (non-hydrogen) atoms. The van der Waals surface area contributed by atoms with Crippen LogP contribution in [0.4, 0.5) is 5.00 Å². The second-order valence-electron chi connectivity index (χ2n) is 10.7. The minimum absolute atomic E-state index is 0.00350. The van der Waals surface area contributed by atoms with Crippen molar-refractivity contribution < 1.29 is 24.2 Å². The maximum atomic E-state index is 13.0. The van der Waals surface area contributed by atoms with Crippen molar-refractivity contribution in [2.75, 3.05) is 25.1 Å². The Balaban J connectivity index is 1.49. The van der Waals surface area contributed by atoms with Crippen LogP contribution in [0.3, 0.4) is 0 Å². The molecule has 2 aliphatic rings. The Morgan fingerprint density at radius 2 is 1.82 bits per heavy atom. The Morgan fingerprint density at radius 1 is 1.15 bits per heavy atom. The SMILES string of the molecule is CC1(C)Cc2c(sc(NC(=O)c3ccc(OCC4CCOCC4)cc3)c2C(=O)O)C(C)(C)C1. The summed E-state index contributed by atoms with van der Waals surface area (Å²) < 4.78 is 11.3. The number of ether oxygens (including phenoxy) is 2. The van der Waals surface area contributed by atoms with Crippen molar-refractivity contribution in [1.82, 2.24) is 0 Å². The van der Waals surface area contributed by atoms with Crippen LogP contribution in [0, 0.1) is 11.3 Å². The lowest BCUT2D eigenvalue weighted by Crippen LogP contribution is -2.34. The van der Waals surface area contributed by atoms with E-state index in [-0.39, 0.29) is 22.3 Å². The van der Waals surface area contributed by atoms with Crippen LogP contribution in [0.25, 0.3) is 0 Å². The Bertz CT molecular complexity index is 1030. The van der Waals surface area contributed by atoms with E-state index in [1.165, 1.54) is 11.3 Å². The third kappa shape index (κ3) is 5.25. The van der Waals surface area contributed by atoms with E-state index in [0.717, 1.165) is 48.7 Å². The Hall–Kier alpha value is -2.38. The van der Waals surface area contributed by atoms with Crippen LogP contribution in [0.5, 0.6) is 5.75 Å². The molecule has 0 spiro atoms. The van der Waals surface area contributed by atoms with E-state index < -0.39 is 5.97 Å². The fourth-order valence-corrected chi connectivity index (χ4v) is 6.62. The van der Waals surface area contributed by atoms with Crippen LogP contribution in [0.15, 0.2) is 24.3 Å². The molecule has 1 amide bonds. The zero-order valence-corrected chi connectivity index (χ0v) is 20.6. The molecule has 0 radical (unpaired) electrons. The topological polar surface area (TPSA) is 84.9 Å². The van der Waals surface area contributed by atoms with Gasteiger partial charge in [-0.05, 0) is 72.3 Å². The molecule has 178 valence electrons. The fourth-order valence-electron chi connectivity index (χ4n) is 5.32. The molecule has 1 aliphatic carbocycles. The van der Waals surface area contributed by atoms with Gasteiger partial charge in [-0.3, -0.25) is 4.79 Å². The van der Waals surface area contributed by atoms with Gasteiger partial charge in [0.15, 0.2) is 0 Å². The molecule has 2 heterocycles. The normalized spacial score (nSPS) is 19.5. The van der Waals surface area contributed by atoms with Gasteiger partial charge in [0.1, 0.15) is 10.8 Å². The Labute approximate surface area is 199 Å². The molecule has 1 aromatic carbocycles. The molecule has 0 saturated carbocycles. The number of carboxylic acid groups (broad SMARTS) is 1. The van der Waals surface area contributed by atoms with Gasteiger partial charge in [-0.1, -0.05) is 27.7 Å². The largest absolute Gasteiger partial charge is 0.493 e. The maximum absolute atomic E-state index is 13.0. The zero-order chi connectivity index (χ0) is 23.8. The Morgan fingerprint density at radius 3 is 2.45 bits per heavy atom. The third-order valence-electron chi connectivity index (χ3n) is 6.58. The lowest BCUT2D eigenvalue weighted by Gasteiger charge is -2.40. The number of hydrogen-bond acceptors (Lipinski definition) is 5. The molecule has 4 rings (SSSR count). The van der Waals surface area contributed by atoms with Crippen LogP contribution in [-0.2, 0) is 16.6 Å². The highest BCUT2D eigenvalue weighted by Gasteiger charge is 2.42. The van der Waals surface area contributed by atoms with Gasteiger partial charge in [0.2, 0.25) is 0 Å². The number of hydrogen-bond donors (Lipinski definition) is 2. The monoisotopic (exact) mass is 471 g/mol. The molecule has 7 heteroatoms. The molecule has 1 aliphatic heterocycles. The molecular formula is C26H33NO5S. The summed E-state index contributed by atoms with van der Waals surface area (Å²) in [6, 6.07) is 7.01. The minimum Gasteiger partial charge on any atom is -0.493 e. The lowest BCUT2D eigenvalue weighted by molar-refractivity contribution is 0.0497. The number of rotatable bonds is 6. The van der Waals surface area contributed by atoms with Crippen molar-refractivity contribution in [3.8, 4) is 5.75 Å². The number of thiophene rings is 1. The van der Waals surface area contributed by atoms with Gasteiger partial charge >= 0.3 is 5.97 Å². The first-order chi connectivity index (χ1) is 15.6. The van der Waals surface area contributed by atoms with Crippen LogP contribution < -0.4 is 10.1 Å². The van der Waals surface area contributed by atoms with Gasteiger partial charge in [0.25, 0.3) is 5.91 Å². The first-order valence-corrected chi connectivity index (χ1v) is 12.4. The van der Waals surface area contributed by atoms with Crippen molar-refractivity contribution in [1.29, 1.82) is 0 Å². The van der Waals surface area contributed by atoms with Crippen molar-refractivity contribution in [3.05, 3.63) is 45.8 Å². The molecule has 1 fully saturated rings. The van der Waals surface area contributed by atoms with Gasteiger partial charge in [-0.15, -0.1) is 11.3 Å². The maximum Gasteiger partial charge on any atom is 0.339 e. The number of fused-ring (bicyclic) bond motifs is 1. The second-order valence-corrected chi connectivity index (χ2v) is 11.7. The number of carboxylic acids is 1. The average Bonchev–Trinajstić information content (AvgIpc) is 3.10. The molecule has 0 atom stereocenters. The molecule has 6 nitrogen and oxygen atoms in total. The highest BCUT2D eigenvalue weighted by molar-refractivity contribution is 7.17.